The molecule has 24 heavy (non-hydrogen) atoms. The lowest BCUT2D eigenvalue weighted by atomic mass is 9.92. The second kappa shape index (κ2) is 9.28. The second-order valence-electron chi connectivity index (χ2n) is 6.29. The van der Waals surface area contributed by atoms with Gasteiger partial charge in [0.2, 0.25) is 0 Å². The smallest absolute Gasteiger partial charge is 0.256 e. The first kappa shape index (κ1) is 19.1. The normalized spacial score (nSPS) is 17.1. The number of nitrogens with one attached hydrogen (secondary N) is 1. The van der Waals surface area contributed by atoms with Gasteiger partial charge in [0.05, 0.1) is 11.6 Å². The molecule has 0 bridgehead atoms. The molecule has 0 unspecified atom stereocenters. The first-order chi connectivity index (χ1) is 11.6. The summed E-state index contributed by atoms with van der Waals surface area (Å²) in [5, 5.41) is 3.49. The van der Waals surface area contributed by atoms with E-state index in [-0.39, 0.29) is 5.91 Å². The van der Waals surface area contributed by atoms with Crippen molar-refractivity contribution in [2.24, 2.45) is 0 Å². The standard InChI is InChI=1S/C19H28ClNO3/c1-3-13-24-19(11-7-5-6-8-12-19)18(22)21-15-9-10-17(23-4-2)16(20)14-15/h9-10,14H,3-8,11-13H2,1-2H3,(H,21,22). The maximum absolute atomic E-state index is 13.0. The van der Waals surface area contributed by atoms with E-state index in [4.69, 9.17) is 21.1 Å². The Labute approximate surface area is 149 Å². The van der Waals surface area contributed by atoms with Gasteiger partial charge in [0.15, 0.2) is 0 Å². The topological polar surface area (TPSA) is 47.6 Å². The van der Waals surface area contributed by atoms with Gasteiger partial charge in [-0.2, -0.15) is 0 Å². The molecule has 1 N–H and O–H groups in total. The van der Waals surface area contributed by atoms with Gasteiger partial charge >= 0.3 is 0 Å². The number of benzene rings is 1. The van der Waals surface area contributed by atoms with Crippen LogP contribution in [0.25, 0.3) is 0 Å². The van der Waals surface area contributed by atoms with Crippen LogP contribution in [0.15, 0.2) is 18.2 Å². The molecule has 1 aromatic rings. The van der Waals surface area contributed by atoms with Crippen molar-refractivity contribution in [1.82, 2.24) is 0 Å². The highest BCUT2D eigenvalue weighted by Gasteiger charge is 2.39. The van der Waals surface area contributed by atoms with Gasteiger partial charge in [0.25, 0.3) is 5.91 Å². The molecule has 0 heterocycles. The molecule has 1 aliphatic carbocycles. The lowest BCUT2D eigenvalue weighted by Gasteiger charge is -2.31. The molecule has 0 atom stereocenters. The fourth-order valence-electron chi connectivity index (χ4n) is 3.13. The summed E-state index contributed by atoms with van der Waals surface area (Å²) in [6, 6.07) is 5.34. The zero-order chi connectivity index (χ0) is 17.4. The van der Waals surface area contributed by atoms with Crippen LogP contribution in [-0.2, 0) is 9.53 Å². The molecule has 4 nitrogen and oxygen atoms in total. The molecular weight excluding hydrogens is 326 g/mol. The minimum atomic E-state index is -0.711. The lowest BCUT2D eigenvalue weighted by Crippen LogP contribution is -2.45. The number of hydrogen-bond acceptors (Lipinski definition) is 3. The van der Waals surface area contributed by atoms with Crippen LogP contribution < -0.4 is 10.1 Å². The summed E-state index contributed by atoms with van der Waals surface area (Å²) >= 11 is 6.21. The van der Waals surface area contributed by atoms with Crippen molar-refractivity contribution in [3.63, 3.8) is 0 Å². The first-order valence-electron chi connectivity index (χ1n) is 8.99. The van der Waals surface area contributed by atoms with Gasteiger partial charge in [-0.05, 0) is 44.4 Å². The molecule has 1 amide bonds. The maximum atomic E-state index is 13.0. The van der Waals surface area contributed by atoms with E-state index in [1.165, 1.54) is 12.8 Å². The average Bonchev–Trinajstić information content (AvgIpc) is 2.82. The second-order valence-corrected chi connectivity index (χ2v) is 6.70. The van der Waals surface area contributed by atoms with Crippen LogP contribution in [0.4, 0.5) is 5.69 Å². The predicted molar refractivity (Wildman–Crippen MR) is 97.9 cm³/mol. The fourth-order valence-corrected chi connectivity index (χ4v) is 3.37. The molecule has 5 heteroatoms. The third-order valence-corrected chi connectivity index (χ3v) is 4.69. The van der Waals surface area contributed by atoms with Gasteiger partial charge in [-0.3, -0.25) is 4.79 Å². The highest BCUT2D eigenvalue weighted by molar-refractivity contribution is 6.32. The summed E-state index contributed by atoms with van der Waals surface area (Å²) in [5.41, 5.74) is -0.0328. The fraction of sp³-hybridized carbons (Fsp3) is 0.632. The van der Waals surface area contributed by atoms with Crippen LogP contribution in [0.3, 0.4) is 0 Å². The molecule has 1 aliphatic rings. The summed E-state index contributed by atoms with van der Waals surface area (Å²) in [6.07, 6.45) is 6.86. The van der Waals surface area contributed by atoms with Crippen molar-refractivity contribution in [2.45, 2.75) is 64.4 Å². The van der Waals surface area contributed by atoms with Crippen LogP contribution >= 0.6 is 11.6 Å². The predicted octanol–water partition coefficient (Wildman–Crippen LogP) is 5.20. The SMILES string of the molecule is CCCOC1(C(=O)Nc2ccc(OCC)c(Cl)c2)CCCCCC1. The largest absolute Gasteiger partial charge is 0.492 e. The summed E-state index contributed by atoms with van der Waals surface area (Å²) in [4.78, 5) is 13.0. The number of carbonyl (C=O) groups excluding carboxylic acids is 1. The molecule has 0 spiro atoms. The van der Waals surface area contributed by atoms with Gasteiger partial charge in [0, 0.05) is 12.3 Å². The Hall–Kier alpha value is -1.26. The minimum absolute atomic E-state index is 0.0573. The first-order valence-corrected chi connectivity index (χ1v) is 9.37. The monoisotopic (exact) mass is 353 g/mol. The third-order valence-electron chi connectivity index (χ3n) is 4.40. The molecular formula is C19H28ClNO3. The quantitative estimate of drug-likeness (QED) is 0.685. The van der Waals surface area contributed by atoms with Crippen LogP contribution in [0.2, 0.25) is 5.02 Å². The Morgan fingerprint density at radius 3 is 2.50 bits per heavy atom. The van der Waals surface area contributed by atoms with E-state index in [0.717, 1.165) is 32.1 Å². The van der Waals surface area contributed by atoms with E-state index in [0.29, 0.717) is 29.7 Å². The van der Waals surface area contributed by atoms with E-state index >= 15 is 0 Å². The molecule has 0 aliphatic heterocycles. The van der Waals surface area contributed by atoms with Gasteiger partial charge in [0.1, 0.15) is 11.4 Å². The molecule has 0 aromatic heterocycles. The molecule has 1 saturated carbocycles. The van der Waals surface area contributed by atoms with E-state index < -0.39 is 5.60 Å². The Balaban J connectivity index is 2.13. The molecule has 0 radical (unpaired) electrons. The highest BCUT2D eigenvalue weighted by atomic mass is 35.5. The van der Waals surface area contributed by atoms with E-state index in [1.807, 2.05) is 13.0 Å². The Bertz CT molecular complexity index is 539. The van der Waals surface area contributed by atoms with E-state index in [9.17, 15) is 4.79 Å². The summed E-state index contributed by atoms with van der Waals surface area (Å²) in [7, 11) is 0. The van der Waals surface area contributed by atoms with Crippen molar-refractivity contribution in [1.29, 1.82) is 0 Å². The zero-order valence-corrected chi connectivity index (χ0v) is 15.5. The van der Waals surface area contributed by atoms with Crippen molar-refractivity contribution in [3.05, 3.63) is 23.2 Å². The molecule has 1 aromatic carbocycles. The number of anilines is 1. The lowest BCUT2D eigenvalue weighted by molar-refractivity contribution is -0.143. The van der Waals surface area contributed by atoms with Crippen LogP contribution in [0.5, 0.6) is 5.75 Å². The van der Waals surface area contributed by atoms with Gasteiger partial charge in [-0.15, -0.1) is 0 Å². The van der Waals surface area contributed by atoms with Crippen LogP contribution in [-0.4, -0.2) is 24.7 Å². The van der Waals surface area contributed by atoms with Crippen LogP contribution in [0.1, 0.15) is 58.8 Å². The minimum Gasteiger partial charge on any atom is -0.492 e. The van der Waals surface area contributed by atoms with Crippen molar-refractivity contribution >= 4 is 23.2 Å². The summed E-state index contributed by atoms with van der Waals surface area (Å²) in [6.45, 7) is 5.14. The maximum Gasteiger partial charge on any atom is 0.256 e. The zero-order valence-electron chi connectivity index (χ0n) is 14.7. The Kier molecular flexibility index (Phi) is 7.38. The van der Waals surface area contributed by atoms with E-state index in [2.05, 4.69) is 12.2 Å². The highest BCUT2D eigenvalue weighted by Crippen LogP contribution is 2.33. The number of amides is 1. The van der Waals surface area contributed by atoms with Crippen molar-refractivity contribution < 1.29 is 14.3 Å². The van der Waals surface area contributed by atoms with Gasteiger partial charge in [-0.25, -0.2) is 0 Å². The van der Waals surface area contributed by atoms with Crippen molar-refractivity contribution in [2.75, 3.05) is 18.5 Å². The third kappa shape index (κ3) is 4.87. The van der Waals surface area contributed by atoms with Crippen LogP contribution in [0, 0.1) is 0 Å². The number of halogens is 1. The molecule has 1 fully saturated rings. The molecule has 2 rings (SSSR count). The summed E-state index contributed by atoms with van der Waals surface area (Å²) < 4.78 is 11.5. The summed E-state index contributed by atoms with van der Waals surface area (Å²) in [5.74, 6) is 0.571. The average molecular weight is 354 g/mol. The molecule has 134 valence electrons. The Morgan fingerprint density at radius 1 is 1.21 bits per heavy atom. The van der Waals surface area contributed by atoms with E-state index in [1.54, 1.807) is 12.1 Å². The number of hydrogen-bond donors (Lipinski definition) is 1. The van der Waals surface area contributed by atoms with Crippen molar-refractivity contribution in [3.8, 4) is 5.75 Å². The van der Waals surface area contributed by atoms with Gasteiger partial charge in [-0.1, -0.05) is 44.2 Å². The Morgan fingerprint density at radius 2 is 1.92 bits per heavy atom. The van der Waals surface area contributed by atoms with Gasteiger partial charge < -0.3 is 14.8 Å². The molecule has 0 saturated heterocycles. The number of carbonyl (C=O) groups is 1. The number of rotatable bonds is 7. The number of ether oxygens (including phenoxy) is 2.